The van der Waals surface area contributed by atoms with Crippen molar-refractivity contribution in [3.8, 4) is 5.75 Å². The Morgan fingerprint density at radius 1 is 1.32 bits per heavy atom. The normalized spacial score (nSPS) is 15.6. The zero-order chi connectivity index (χ0) is 15.9. The molecule has 0 aromatic heterocycles. The summed E-state index contributed by atoms with van der Waals surface area (Å²) in [7, 11) is 5.78. The summed E-state index contributed by atoms with van der Waals surface area (Å²) in [6.45, 7) is 1.77. The number of nitrogens with zero attached hydrogens (tertiary/aromatic N) is 1. The van der Waals surface area contributed by atoms with Crippen molar-refractivity contribution in [2.24, 2.45) is 5.92 Å². The standard InChI is InChI=1S/C18H28N2O2/c1-20(2)12-4-11-19-18(21)13-17(14-5-6-14)15-7-9-16(22-3)10-8-15/h7-10,14,17H,4-6,11-13H2,1-3H3,(H,19,21). The summed E-state index contributed by atoms with van der Waals surface area (Å²) in [4.78, 5) is 14.3. The van der Waals surface area contributed by atoms with Gasteiger partial charge < -0.3 is 15.0 Å². The second-order valence-corrected chi connectivity index (χ2v) is 6.43. The summed E-state index contributed by atoms with van der Waals surface area (Å²) in [5.41, 5.74) is 1.26. The van der Waals surface area contributed by atoms with Gasteiger partial charge in [-0.1, -0.05) is 12.1 Å². The Balaban J connectivity index is 1.84. The van der Waals surface area contributed by atoms with Crippen LogP contribution < -0.4 is 10.1 Å². The van der Waals surface area contributed by atoms with E-state index in [-0.39, 0.29) is 5.91 Å². The average molecular weight is 304 g/mol. The quantitative estimate of drug-likeness (QED) is 0.713. The van der Waals surface area contributed by atoms with E-state index in [2.05, 4.69) is 36.4 Å². The van der Waals surface area contributed by atoms with E-state index in [4.69, 9.17) is 4.74 Å². The van der Waals surface area contributed by atoms with Gasteiger partial charge in [-0.05, 0) is 69.4 Å². The molecule has 1 N–H and O–H groups in total. The van der Waals surface area contributed by atoms with Crippen LogP contribution in [0.3, 0.4) is 0 Å². The minimum Gasteiger partial charge on any atom is -0.497 e. The molecule has 0 saturated heterocycles. The van der Waals surface area contributed by atoms with E-state index in [1.165, 1.54) is 18.4 Å². The Bertz CT molecular complexity index is 466. The number of nitrogens with one attached hydrogen (secondary N) is 1. The third-order valence-corrected chi connectivity index (χ3v) is 4.24. The molecule has 1 aliphatic rings. The highest BCUT2D eigenvalue weighted by Crippen LogP contribution is 2.44. The van der Waals surface area contributed by atoms with Crippen molar-refractivity contribution < 1.29 is 9.53 Å². The number of amides is 1. The fourth-order valence-electron chi connectivity index (χ4n) is 2.80. The summed E-state index contributed by atoms with van der Waals surface area (Å²) in [5, 5.41) is 3.05. The van der Waals surface area contributed by atoms with Gasteiger partial charge in [0.05, 0.1) is 7.11 Å². The summed E-state index contributed by atoms with van der Waals surface area (Å²) in [5.74, 6) is 2.05. The van der Waals surface area contributed by atoms with Crippen molar-refractivity contribution in [1.29, 1.82) is 0 Å². The first kappa shape index (κ1) is 16.8. The minimum absolute atomic E-state index is 0.173. The number of carbonyl (C=O) groups is 1. The molecule has 0 bridgehead atoms. The minimum atomic E-state index is 0.173. The van der Waals surface area contributed by atoms with Gasteiger partial charge in [-0.15, -0.1) is 0 Å². The monoisotopic (exact) mass is 304 g/mol. The largest absolute Gasteiger partial charge is 0.497 e. The SMILES string of the molecule is COc1ccc(C(CC(=O)NCCCN(C)C)C2CC2)cc1. The first-order valence-electron chi connectivity index (χ1n) is 8.15. The molecule has 1 aromatic carbocycles. The van der Waals surface area contributed by atoms with Gasteiger partial charge in [0.25, 0.3) is 0 Å². The summed E-state index contributed by atoms with van der Waals surface area (Å²) in [6.07, 6.45) is 4.07. The van der Waals surface area contributed by atoms with E-state index in [1.54, 1.807) is 7.11 Å². The fourth-order valence-corrected chi connectivity index (χ4v) is 2.80. The molecule has 0 spiro atoms. The van der Waals surface area contributed by atoms with Crippen molar-refractivity contribution in [3.63, 3.8) is 0 Å². The Labute approximate surface area is 133 Å². The maximum absolute atomic E-state index is 12.2. The number of hydrogen-bond acceptors (Lipinski definition) is 3. The highest BCUT2D eigenvalue weighted by atomic mass is 16.5. The first-order valence-corrected chi connectivity index (χ1v) is 8.15. The van der Waals surface area contributed by atoms with Gasteiger partial charge in [0.2, 0.25) is 5.91 Å². The lowest BCUT2D eigenvalue weighted by Gasteiger charge is -2.17. The summed E-state index contributed by atoms with van der Waals surface area (Å²) < 4.78 is 5.21. The van der Waals surface area contributed by atoms with E-state index in [9.17, 15) is 4.79 Å². The van der Waals surface area contributed by atoms with Crippen molar-refractivity contribution in [2.75, 3.05) is 34.3 Å². The molecule has 1 atom stereocenters. The van der Waals surface area contributed by atoms with Crippen LogP contribution in [0.4, 0.5) is 0 Å². The molecule has 0 radical (unpaired) electrons. The lowest BCUT2D eigenvalue weighted by atomic mass is 9.90. The van der Waals surface area contributed by atoms with Crippen LogP contribution in [-0.4, -0.2) is 45.1 Å². The van der Waals surface area contributed by atoms with Crippen molar-refractivity contribution in [2.45, 2.75) is 31.6 Å². The molecule has 1 aromatic rings. The fraction of sp³-hybridized carbons (Fsp3) is 0.611. The highest BCUT2D eigenvalue weighted by molar-refractivity contribution is 5.77. The second-order valence-electron chi connectivity index (χ2n) is 6.43. The average Bonchev–Trinajstić information content (AvgIpc) is 3.34. The third kappa shape index (κ3) is 5.34. The summed E-state index contributed by atoms with van der Waals surface area (Å²) in [6, 6.07) is 8.17. The molecule has 4 heteroatoms. The van der Waals surface area contributed by atoms with Gasteiger partial charge in [0, 0.05) is 13.0 Å². The number of carbonyl (C=O) groups excluding carboxylic acids is 1. The Kier molecular flexibility index (Phi) is 6.25. The van der Waals surface area contributed by atoms with Gasteiger partial charge >= 0.3 is 0 Å². The van der Waals surface area contributed by atoms with Crippen molar-refractivity contribution in [3.05, 3.63) is 29.8 Å². The molecular formula is C18H28N2O2. The van der Waals surface area contributed by atoms with Crippen LogP contribution in [0.2, 0.25) is 0 Å². The molecule has 0 heterocycles. The zero-order valence-corrected chi connectivity index (χ0v) is 14.0. The lowest BCUT2D eigenvalue weighted by molar-refractivity contribution is -0.121. The highest BCUT2D eigenvalue weighted by Gasteiger charge is 2.33. The Hall–Kier alpha value is -1.55. The van der Waals surface area contributed by atoms with E-state index in [1.807, 2.05) is 12.1 Å². The maximum atomic E-state index is 12.2. The van der Waals surface area contributed by atoms with Crippen molar-refractivity contribution >= 4 is 5.91 Å². The van der Waals surface area contributed by atoms with Crippen LogP contribution >= 0.6 is 0 Å². The molecular weight excluding hydrogens is 276 g/mol. The van der Waals surface area contributed by atoms with Crippen LogP contribution in [0.1, 0.15) is 37.2 Å². The van der Waals surface area contributed by atoms with E-state index in [0.29, 0.717) is 18.3 Å². The number of rotatable bonds is 9. The van der Waals surface area contributed by atoms with Crippen molar-refractivity contribution in [1.82, 2.24) is 10.2 Å². The van der Waals surface area contributed by atoms with Gasteiger partial charge in [-0.3, -0.25) is 4.79 Å². The molecule has 1 unspecified atom stereocenters. The predicted molar refractivity (Wildman–Crippen MR) is 89.3 cm³/mol. The smallest absolute Gasteiger partial charge is 0.220 e. The molecule has 22 heavy (non-hydrogen) atoms. The van der Waals surface area contributed by atoms with Crippen LogP contribution in [0.15, 0.2) is 24.3 Å². The molecule has 1 aliphatic carbocycles. The third-order valence-electron chi connectivity index (χ3n) is 4.24. The van der Waals surface area contributed by atoms with Crippen LogP contribution in [0.5, 0.6) is 5.75 Å². The number of methoxy groups -OCH3 is 1. The van der Waals surface area contributed by atoms with Gasteiger partial charge in [0.1, 0.15) is 5.75 Å². The molecule has 1 saturated carbocycles. The molecule has 0 aliphatic heterocycles. The number of hydrogen-bond donors (Lipinski definition) is 1. The molecule has 122 valence electrons. The Morgan fingerprint density at radius 2 is 2.00 bits per heavy atom. The molecule has 1 fully saturated rings. The second kappa shape index (κ2) is 8.18. The lowest BCUT2D eigenvalue weighted by Crippen LogP contribution is -2.28. The van der Waals surface area contributed by atoms with Gasteiger partial charge in [-0.2, -0.15) is 0 Å². The van der Waals surface area contributed by atoms with Gasteiger partial charge in [0.15, 0.2) is 0 Å². The molecule has 1 amide bonds. The first-order chi connectivity index (χ1) is 10.6. The van der Waals surface area contributed by atoms with Crippen LogP contribution in [-0.2, 0) is 4.79 Å². The molecule has 2 rings (SSSR count). The van der Waals surface area contributed by atoms with Crippen LogP contribution in [0.25, 0.3) is 0 Å². The molecule has 4 nitrogen and oxygen atoms in total. The van der Waals surface area contributed by atoms with E-state index in [0.717, 1.165) is 25.3 Å². The van der Waals surface area contributed by atoms with E-state index >= 15 is 0 Å². The number of ether oxygens (including phenoxy) is 1. The number of benzene rings is 1. The topological polar surface area (TPSA) is 41.6 Å². The zero-order valence-electron chi connectivity index (χ0n) is 14.0. The maximum Gasteiger partial charge on any atom is 0.220 e. The van der Waals surface area contributed by atoms with Crippen LogP contribution in [0, 0.1) is 5.92 Å². The van der Waals surface area contributed by atoms with E-state index < -0.39 is 0 Å². The Morgan fingerprint density at radius 3 is 2.55 bits per heavy atom. The predicted octanol–water partition coefficient (Wildman–Crippen LogP) is 2.65. The summed E-state index contributed by atoms with van der Waals surface area (Å²) >= 11 is 0. The van der Waals surface area contributed by atoms with Gasteiger partial charge in [-0.25, -0.2) is 0 Å².